The molecule has 1 saturated heterocycles. The standard InChI is InChI=1S/C25H32N2O4/c1-31-22-10-5-4-9-21(22)25(30)17-11-12-18(25)16-26(15-17)13-6-14-27-23(28)19-7-2-3-8-20(19)24(27)29/h2-5,9-10,17-18,28-30H,6-8,11-16H2,1H3. The predicted molar refractivity (Wildman–Crippen MR) is 118 cm³/mol. The molecule has 1 saturated carbocycles. The number of para-hydroxylation sites is 1. The zero-order chi connectivity index (χ0) is 21.6. The minimum atomic E-state index is -0.827. The summed E-state index contributed by atoms with van der Waals surface area (Å²) in [4.78, 5) is 2.44. The van der Waals surface area contributed by atoms with Gasteiger partial charge in [-0.05, 0) is 44.7 Å². The molecule has 2 aliphatic carbocycles. The molecule has 31 heavy (non-hydrogen) atoms. The maximum Gasteiger partial charge on any atom is 0.197 e. The molecule has 3 aliphatic rings. The summed E-state index contributed by atoms with van der Waals surface area (Å²) < 4.78 is 7.21. The van der Waals surface area contributed by atoms with Crippen LogP contribution in [0.25, 0.3) is 0 Å². The summed E-state index contributed by atoms with van der Waals surface area (Å²) in [5.41, 5.74) is 1.81. The Kier molecular flexibility index (Phi) is 5.22. The Hall–Kier alpha value is -2.44. The van der Waals surface area contributed by atoms with Crippen molar-refractivity contribution in [3.8, 4) is 17.5 Å². The van der Waals surface area contributed by atoms with Crippen molar-refractivity contribution < 1.29 is 20.1 Å². The van der Waals surface area contributed by atoms with Crippen LogP contribution in [0.5, 0.6) is 17.5 Å². The zero-order valence-corrected chi connectivity index (χ0v) is 18.1. The van der Waals surface area contributed by atoms with Gasteiger partial charge < -0.3 is 25.0 Å². The summed E-state index contributed by atoms with van der Waals surface area (Å²) in [6.07, 6.45) is 8.33. The molecule has 6 nitrogen and oxygen atoms in total. The van der Waals surface area contributed by atoms with Crippen molar-refractivity contribution >= 4 is 0 Å². The minimum Gasteiger partial charge on any atom is -0.496 e. The number of ether oxygens (including phenoxy) is 1. The van der Waals surface area contributed by atoms with Crippen LogP contribution in [-0.4, -0.2) is 51.5 Å². The van der Waals surface area contributed by atoms with Crippen molar-refractivity contribution in [1.82, 2.24) is 9.47 Å². The van der Waals surface area contributed by atoms with Gasteiger partial charge in [0.15, 0.2) is 11.8 Å². The fraction of sp³-hybridized carbons (Fsp3) is 0.520. The lowest BCUT2D eigenvalue weighted by molar-refractivity contribution is -0.0910. The third-order valence-corrected chi connectivity index (χ3v) is 7.69. The van der Waals surface area contributed by atoms with Gasteiger partial charge in [-0.2, -0.15) is 0 Å². The molecule has 0 amide bonds. The SMILES string of the molecule is COc1ccccc1C1(O)C2CCC1CN(CCCn1c(O)c3c(c1O)CC=CC3)C2. The van der Waals surface area contributed by atoms with Crippen LogP contribution in [0, 0.1) is 11.8 Å². The smallest absolute Gasteiger partial charge is 0.197 e. The molecule has 2 unspecified atom stereocenters. The maximum absolute atomic E-state index is 11.8. The number of piperidine rings is 1. The molecule has 2 fully saturated rings. The molecule has 2 bridgehead atoms. The lowest BCUT2D eigenvalue weighted by Gasteiger charge is -2.45. The van der Waals surface area contributed by atoms with Gasteiger partial charge in [-0.15, -0.1) is 0 Å². The van der Waals surface area contributed by atoms with Crippen molar-refractivity contribution in [1.29, 1.82) is 0 Å². The highest BCUT2D eigenvalue weighted by Crippen LogP contribution is 2.53. The maximum atomic E-state index is 11.8. The van der Waals surface area contributed by atoms with Crippen molar-refractivity contribution in [2.45, 2.75) is 44.2 Å². The van der Waals surface area contributed by atoms with E-state index in [0.29, 0.717) is 19.4 Å². The Morgan fingerprint density at radius 1 is 0.968 bits per heavy atom. The molecule has 0 radical (unpaired) electrons. The lowest BCUT2D eigenvalue weighted by Crippen LogP contribution is -2.52. The highest BCUT2D eigenvalue weighted by atomic mass is 16.5. The highest BCUT2D eigenvalue weighted by Gasteiger charge is 2.54. The Morgan fingerprint density at radius 2 is 1.58 bits per heavy atom. The third-order valence-electron chi connectivity index (χ3n) is 7.69. The molecular formula is C25H32N2O4. The molecule has 1 aliphatic heterocycles. The normalized spacial score (nSPS) is 27.4. The second-order valence-electron chi connectivity index (χ2n) is 9.25. The Balaban J connectivity index is 1.25. The summed E-state index contributed by atoms with van der Waals surface area (Å²) in [5, 5.41) is 32.8. The molecule has 6 heteroatoms. The highest BCUT2D eigenvalue weighted by molar-refractivity contribution is 5.49. The molecule has 1 aromatic heterocycles. The van der Waals surface area contributed by atoms with E-state index in [-0.39, 0.29) is 23.6 Å². The molecule has 2 heterocycles. The van der Waals surface area contributed by atoms with Gasteiger partial charge in [-0.25, -0.2) is 0 Å². The second kappa shape index (κ2) is 7.92. The number of benzene rings is 1. The number of methoxy groups -OCH3 is 1. The molecule has 3 N–H and O–H groups in total. The third kappa shape index (κ3) is 3.24. The number of allylic oxidation sites excluding steroid dienone is 2. The van der Waals surface area contributed by atoms with E-state index in [9.17, 15) is 15.3 Å². The Bertz CT molecular complexity index is 950. The van der Waals surface area contributed by atoms with E-state index < -0.39 is 5.60 Å². The van der Waals surface area contributed by atoms with Crippen LogP contribution in [0.3, 0.4) is 0 Å². The van der Waals surface area contributed by atoms with Crippen LogP contribution >= 0.6 is 0 Å². The number of rotatable bonds is 6. The first-order chi connectivity index (χ1) is 15.0. The number of aromatic hydroxyl groups is 2. The number of aliphatic hydroxyl groups is 1. The van der Waals surface area contributed by atoms with Gasteiger partial charge in [0.2, 0.25) is 0 Å². The molecule has 2 aromatic rings. The van der Waals surface area contributed by atoms with Gasteiger partial charge in [-0.3, -0.25) is 4.57 Å². The van der Waals surface area contributed by atoms with Gasteiger partial charge in [0.05, 0.1) is 7.11 Å². The number of likely N-dealkylation sites (tertiary alicyclic amines) is 1. The van der Waals surface area contributed by atoms with E-state index in [2.05, 4.69) is 4.90 Å². The number of hydrogen-bond donors (Lipinski definition) is 3. The monoisotopic (exact) mass is 424 g/mol. The fourth-order valence-electron chi connectivity index (χ4n) is 6.12. The predicted octanol–water partition coefficient (Wildman–Crippen LogP) is 3.18. The van der Waals surface area contributed by atoms with E-state index >= 15 is 0 Å². The van der Waals surface area contributed by atoms with Gasteiger partial charge in [0.1, 0.15) is 11.4 Å². The molecule has 5 rings (SSSR count). The zero-order valence-electron chi connectivity index (χ0n) is 18.1. The molecule has 0 spiro atoms. The Labute approximate surface area is 183 Å². The van der Waals surface area contributed by atoms with E-state index in [1.54, 1.807) is 11.7 Å². The topological polar surface area (TPSA) is 78.1 Å². The van der Waals surface area contributed by atoms with Crippen LogP contribution in [0.2, 0.25) is 0 Å². The first kappa shape index (κ1) is 20.5. The number of fused-ring (bicyclic) bond motifs is 3. The van der Waals surface area contributed by atoms with Crippen LogP contribution in [0.15, 0.2) is 36.4 Å². The summed E-state index contributed by atoms with van der Waals surface area (Å²) in [6.45, 7) is 3.19. The van der Waals surface area contributed by atoms with Crippen LogP contribution < -0.4 is 4.74 Å². The number of hydrogen-bond acceptors (Lipinski definition) is 5. The summed E-state index contributed by atoms with van der Waals surface area (Å²) in [7, 11) is 1.67. The van der Waals surface area contributed by atoms with E-state index in [0.717, 1.165) is 61.3 Å². The van der Waals surface area contributed by atoms with Gasteiger partial charge in [0.25, 0.3) is 0 Å². The fourth-order valence-corrected chi connectivity index (χ4v) is 6.12. The quantitative estimate of drug-likeness (QED) is 0.621. The molecule has 2 atom stereocenters. The number of aromatic nitrogens is 1. The summed E-state index contributed by atoms with van der Waals surface area (Å²) >= 11 is 0. The van der Waals surface area contributed by atoms with Crippen molar-refractivity contribution in [2.75, 3.05) is 26.7 Å². The van der Waals surface area contributed by atoms with Gasteiger partial charge >= 0.3 is 0 Å². The van der Waals surface area contributed by atoms with Crippen molar-refractivity contribution in [3.05, 3.63) is 53.1 Å². The van der Waals surface area contributed by atoms with E-state index in [1.807, 2.05) is 36.4 Å². The van der Waals surface area contributed by atoms with E-state index in [4.69, 9.17) is 4.74 Å². The van der Waals surface area contributed by atoms with Crippen molar-refractivity contribution in [2.24, 2.45) is 11.8 Å². The van der Waals surface area contributed by atoms with Gasteiger partial charge in [-0.1, -0.05) is 30.4 Å². The second-order valence-corrected chi connectivity index (χ2v) is 9.25. The number of nitrogens with zero attached hydrogens (tertiary/aromatic N) is 2. The van der Waals surface area contributed by atoms with Crippen LogP contribution in [-0.2, 0) is 25.0 Å². The summed E-state index contributed by atoms with van der Waals surface area (Å²) in [6, 6.07) is 7.87. The van der Waals surface area contributed by atoms with E-state index in [1.165, 1.54) is 0 Å². The first-order valence-electron chi connectivity index (χ1n) is 11.4. The molecule has 1 aromatic carbocycles. The first-order valence-corrected chi connectivity index (χ1v) is 11.4. The average molecular weight is 425 g/mol. The summed E-state index contributed by atoms with van der Waals surface area (Å²) in [5.74, 6) is 1.57. The van der Waals surface area contributed by atoms with Gasteiger partial charge in [0, 0.05) is 48.2 Å². The Morgan fingerprint density at radius 3 is 2.19 bits per heavy atom. The molecule has 166 valence electrons. The largest absolute Gasteiger partial charge is 0.496 e. The van der Waals surface area contributed by atoms with Crippen LogP contribution in [0.4, 0.5) is 0 Å². The van der Waals surface area contributed by atoms with Crippen LogP contribution in [0.1, 0.15) is 36.0 Å². The lowest BCUT2D eigenvalue weighted by atomic mass is 9.75. The average Bonchev–Trinajstić information content (AvgIpc) is 3.11. The van der Waals surface area contributed by atoms with Crippen molar-refractivity contribution in [3.63, 3.8) is 0 Å². The minimum absolute atomic E-state index is 0.189. The molecular weight excluding hydrogens is 392 g/mol.